The highest BCUT2D eigenvalue weighted by molar-refractivity contribution is 5.98. The van der Waals surface area contributed by atoms with Crippen LogP contribution in [0.1, 0.15) is 17.4 Å². The minimum Gasteiger partial charge on any atom is -0.355 e. The van der Waals surface area contributed by atoms with Crippen molar-refractivity contribution in [2.45, 2.75) is 6.92 Å². The first-order chi connectivity index (χ1) is 9.08. The molecular formula is C13H14FN3O2. The van der Waals surface area contributed by atoms with Crippen molar-refractivity contribution < 1.29 is 14.0 Å². The van der Waals surface area contributed by atoms with Gasteiger partial charge in [0.15, 0.2) is 0 Å². The summed E-state index contributed by atoms with van der Waals surface area (Å²) in [6.45, 7) is 2.08. The summed E-state index contributed by atoms with van der Waals surface area (Å²) >= 11 is 0. The van der Waals surface area contributed by atoms with E-state index in [2.05, 4.69) is 15.6 Å². The molecule has 2 aromatic rings. The zero-order chi connectivity index (χ0) is 13.8. The summed E-state index contributed by atoms with van der Waals surface area (Å²) in [6, 6.07) is 6.09. The lowest BCUT2D eigenvalue weighted by molar-refractivity contribution is -0.118. The van der Waals surface area contributed by atoms with Crippen molar-refractivity contribution in [2.75, 3.05) is 13.1 Å². The lowest BCUT2D eigenvalue weighted by Gasteiger charge is -2.03. The van der Waals surface area contributed by atoms with E-state index in [-0.39, 0.29) is 17.6 Å². The van der Waals surface area contributed by atoms with Crippen LogP contribution in [0.2, 0.25) is 0 Å². The zero-order valence-corrected chi connectivity index (χ0v) is 10.4. The number of carbonyl (C=O) groups excluding carboxylic acids is 2. The van der Waals surface area contributed by atoms with Crippen LogP contribution >= 0.6 is 0 Å². The Morgan fingerprint density at radius 1 is 1.26 bits per heavy atom. The van der Waals surface area contributed by atoms with Gasteiger partial charge in [0.05, 0.1) is 0 Å². The molecule has 0 unspecified atom stereocenters. The maximum Gasteiger partial charge on any atom is 0.267 e. The van der Waals surface area contributed by atoms with Gasteiger partial charge in [0.2, 0.25) is 5.91 Å². The van der Waals surface area contributed by atoms with Crippen LogP contribution in [0.25, 0.3) is 10.9 Å². The number of carbonyl (C=O) groups is 2. The van der Waals surface area contributed by atoms with Crippen molar-refractivity contribution in [1.82, 2.24) is 15.6 Å². The Kier molecular flexibility index (Phi) is 3.79. The standard InChI is InChI=1S/C13H14FN3O2/c1-8(18)15-5-6-16-13(19)12-7-9-10(14)3-2-4-11(9)17-12/h2-4,7,17H,5-6H2,1H3,(H,15,18)(H,16,19). The molecule has 19 heavy (non-hydrogen) atoms. The minimum atomic E-state index is -0.369. The third kappa shape index (κ3) is 3.09. The molecule has 1 heterocycles. The van der Waals surface area contributed by atoms with Crippen LogP contribution in [0, 0.1) is 5.82 Å². The summed E-state index contributed by atoms with van der Waals surface area (Å²) in [5, 5.41) is 5.58. The molecule has 0 spiro atoms. The molecule has 5 nitrogen and oxygen atoms in total. The molecule has 1 aromatic heterocycles. The van der Waals surface area contributed by atoms with E-state index in [1.54, 1.807) is 12.1 Å². The van der Waals surface area contributed by atoms with E-state index < -0.39 is 0 Å². The summed E-state index contributed by atoms with van der Waals surface area (Å²) in [4.78, 5) is 25.3. The van der Waals surface area contributed by atoms with Crippen LogP contribution in [0.3, 0.4) is 0 Å². The number of halogens is 1. The first-order valence-corrected chi connectivity index (χ1v) is 5.88. The Bertz CT molecular complexity index is 621. The number of benzene rings is 1. The van der Waals surface area contributed by atoms with Gasteiger partial charge in [-0.15, -0.1) is 0 Å². The number of H-pyrrole nitrogens is 1. The summed E-state index contributed by atoms with van der Waals surface area (Å²) in [5.74, 6) is -0.853. The minimum absolute atomic E-state index is 0.151. The average Bonchev–Trinajstić information content (AvgIpc) is 2.79. The summed E-state index contributed by atoms with van der Waals surface area (Å²) in [7, 11) is 0. The van der Waals surface area contributed by atoms with Gasteiger partial charge in [-0.1, -0.05) is 6.07 Å². The van der Waals surface area contributed by atoms with Crippen LogP contribution in [0.5, 0.6) is 0 Å². The molecule has 3 N–H and O–H groups in total. The van der Waals surface area contributed by atoms with Crippen molar-refractivity contribution in [3.05, 3.63) is 35.8 Å². The van der Waals surface area contributed by atoms with Gasteiger partial charge in [0, 0.05) is 30.9 Å². The van der Waals surface area contributed by atoms with Gasteiger partial charge in [-0.05, 0) is 18.2 Å². The Labute approximate surface area is 109 Å². The summed E-state index contributed by atoms with van der Waals surface area (Å²) < 4.78 is 13.5. The van der Waals surface area contributed by atoms with Crippen molar-refractivity contribution >= 4 is 22.7 Å². The van der Waals surface area contributed by atoms with Gasteiger partial charge in [0.25, 0.3) is 5.91 Å². The van der Waals surface area contributed by atoms with Crippen molar-refractivity contribution in [3.8, 4) is 0 Å². The molecule has 0 bridgehead atoms. The maximum absolute atomic E-state index is 13.5. The fourth-order valence-electron chi connectivity index (χ4n) is 1.75. The number of hydrogen-bond acceptors (Lipinski definition) is 2. The molecule has 2 amide bonds. The number of rotatable bonds is 4. The molecule has 100 valence electrons. The molecule has 0 aliphatic heterocycles. The van der Waals surface area contributed by atoms with Crippen molar-refractivity contribution in [2.24, 2.45) is 0 Å². The monoisotopic (exact) mass is 263 g/mol. The fourth-order valence-corrected chi connectivity index (χ4v) is 1.75. The van der Waals surface area contributed by atoms with Gasteiger partial charge in [-0.2, -0.15) is 0 Å². The fraction of sp³-hybridized carbons (Fsp3) is 0.231. The Morgan fingerprint density at radius 2 is 2.00 bits per heavy atom. The first-order valence-electron chi connectivity index (χ1n) is 5.88. The number of hydrogen-bond donors (Lipinski definition) is 3. The second-order valence-corrected chi connectivity index (χ2v) is 4.12. The largest absolute Gasteiger partial charge is 0.355 e. The molecule has 0 aliphatic carbocycles. The van der Waals surface area contributed by atoms with Crippen LogP contribution < -0.4 is 10.6 Å². The van der Waals surface area contributed by atoms with E-state index >= 15 is 0 Å². The van der Waals surface area contributed by atoms with E-state index in [1.165, 1.54) is 19.1 Å². The van der Waals surface area contributed by atoms with Crippen LogP contribution in [-0.4, -0.2) is 29.9 Å². The lowest BCUT2D eigenvalue weighted by atomic mass is 10.2. The number of amides is 2. The predicted octanol–water partition coefficient (Wildman–Crippen LogP) is 1.17. The molecule has 0 atom stereocenters. The van der Waals surface area contributed by atoms with E-state index in [0.717, 1.165) is 0 Å². The maximum atomic E-state index is 13.5. The number of aromatic amines is 1. The highest BCUT2D eigenvalue weighted by Gasteiger charge is 2.10. The van der Waals surface area contributed by atoms with Crippen LogP contribution in [0.15, 0.2) is 24.3 Å². The van der Waals surface area contributed by atoms with E-state index in [9.17, 15) is 14.0 Å². The Morgan fingerprint density at radius 3 is 2.68 bits per heavy atom. The molecule has 2 rings (SSSR count). The second kappa shape index (κ2) is 5.51. The normalized spacial score (nSPS) is 10.4. The highest BCUT2D eigenvalue weighted by Crippen LogP contribution is 2.18. The molecule has 0 saturated carbocycles. The zero-order valence-electron chi connectivity index (χ0n) is 10.4. The van der Waals surface area contributed by atoms with Crippen LogP contribution in [-0.2, 0) is 4.79 Å². The molecule has 0 saturated heterocycles. The van der Waals surface area contributed by atoms with Crippen molar-refractivity contribution in [3.63, 3.8) is 0 Å². The molecular weight excluding hydrogens is 249 g/mol. The summed E-state index contributed by atoms with van der Waals surface area (Å²) in [6.07, 6.45) is 0. The highest BCUT2D eigenvalue weighted by atomic mass is 19.1. The number of aromatic nitrogens is 1. The smallest absolute Gasteiger partial charge is 0.267 e. The van der Waals surface area contributed by atoms with Crippen molar-refractivity contribution in [1.29, 1.82) is 0 Å². The van der Waals surface area contributed by atoms with Gasteiger partial charge in [0.1, 0.15) is 11.5 Å². The summed E-state index contributed by atoms with van der Waals surface area (Å²) in [5.41, 5.74) is 0.870. The predicted molar refractivity (Wildman–Crippen MR) is 69.3 cm³/mol. The van der Waals surface area contributed by atoms with Gasteiger partial charge in [-0.25, -0.2) is 4.39 Å². The quantitative estimate of drug-likeness (QED) is 0.724. The average molecular weight is 263 g/mol. The van der Waals surface area contributed by atoms with Gasteiger partial charge < -0.3 is 15.6 Å². The molecule has 0 fully saturated rings. The van der Waals surface area contributed by atoms with E-state index in [4.69, 9.17) is 0 Å². The number of nitrogens with one attached hydrogen (secondary N) is 3. The Balaban J connectivity index is 2.01. The van der Waals surface area contributed by atoms with Gasteiger partial charge in [-0.3, -0.25) is 9.59 Å². The second-order valence-electron chi connectivity index (χ2n) is 4.12. The SMILES string of the molecule is CC(=O)NCCNC(=O)c1cc2c(F)cccc2[nH]1. The molecule has 0 radical (unpaired) electrons. The molecule has 0 aliphatic rings. The van der Waals surface area contributed by atoms with E-state index in [1.807, 2.05) is 0 Å². The van der Waals surface area contributed by atoms with E-state index in [0.29, 0.717) is 29.7 Å². The topological polar surface area (TPSA) is 74.0 Å². The number of fused-ring (bicyclic) bond motifs is 1. The Hall–Kier alpha value is -2.37. The third-order valence-electron chi connectivity index (χ3n) is 2.64. The van der Waals surface area contributed by atoms with Crippen LogP contribution in [0.4, 0.5) is 4.39 Å². The molecule has 6 heteroatoms. The lowest BCUT2D eigenvalue weighted by Crippen LogP contribution is -2.33. The molecule has 1 aromatic carbocycles. The van der Waals surface area contributed by atoms with Gasteiger partial charge >= 0.3 is 0 Å². The first kappa shape index (κ1) is 13.1. The third-order valence-corrected chi connectivity index (χ3v) is 2.64.